The van der Waals surface area contributed by atoms with Gasteiger partial charge in [-0.05, 0) is 6.42 Å². The number of hydrogen-bond acceptors (Lipinski definition) is 8. The number of nitrogens with one attached hydrogen (secondary N) is 2. The van der Waals surface area contributed by atoms with Crippen molar-refractivity contribution in [2.24, 2.45) is 0 Å². The highest BCUT2D eigenvalue weighted by molar-refractivity contribution is 5.86. The van der Waals surface area contributed by atoms with Crippen LogP contribution in [0.3, 0.4) is 0 Å². The fourth-order valence-corrected chi connectivity index (χ4v) is 1.93. The Hall–Kier alpha value is -2.14. The molecule has 8 nitrogen and oxygen atoms in total. The predicted octanol–water partition coefficient (Wildman–Crippen LogP) is 2.06. The van der Waals surface area contributed by atoms with Gasteiger partial charge in [0.2, 0.25) is 11.9 Å². The van der Waals surface area contributed by atoms with Crippen LogP contribution in [-0.2, 0) is 0 Å². The third-order valence-electron chi connectivity index (χ3n) is 3.21. The summed E-state index contributed by atoms with van der Waals surface area (Å²) in [5, 5.41) is 14.5. The van der Waals surface area contributed by atoms with Gasteiger partial charge in [-0.15, -0.1) is 12.4 Å². The average Bonchev–Trinajstić information content (AvgIpc) is 2.55. The zero-order valence-corrected chi connectivity index (χ0v) is 15.3. The van der Waals surface area contributed by atoms with Crippen LogP contribution in [0.2, 0.25) is 0 Å². The van der Waals surface area contributed by atoms with E-state index in [1.807, 2.05) is 6.92 Å². The maximum Gasteiger partial charge on any atom is 0.416 e. The van der Waals surface area contributed by atoms with E-state index in [0.717, 1.165) is 6.42 Å². The summed E-state index contributed by atoms with van der Waals surface area (Å²) in [7, 11) is 3.54. The molecule has 0 spiro atoms. The zero-order valence-electron chi connectivity index (χ0n) is 14.5. The molecule has 0 amide bonds. The molecule has 12 heteroatoms. The van der Waals surface area contributed by atoms with Crippen LogP contribution in [0.15, 0.2) is 6.20 Å². The SMILES string of the molecule is CCCNc1nc(N(C)C)c2nc(NCC(O)C(F)(F)F)ncc2n1.Cl. The molecule has 0 aromatic carbocycles. The Morgan fingerprint density at radius 3 is 2.42 bits per heavy atom. The van der Waals surface area contributed by atoms with Gasteiger partial charge in [0.05, 0.1) is 12.7 Å². The fourth-order valence-electron chi connectivity index (χ4n) is 1.93. The third kappa shape index (κ3) is 5.43. The summed E-state index contributed by atoms with van der Waals surface area (Å²) in [5.41, 5.74) is 0.852. The number of aliphatic hydroxyl groups excluding tert-OH is 1. The summed E-state index contributed by atoms with van der Waals surface area (Å²) in [6, 6.07) is 0. The molecule has 1 atom stereocenters. The number of nitrogens with zero attached hydrogens (tertiary/aromatic N) is 5. The predicted molar refractivity (Wildman–Crippen MR) is 96.0 cm³/mol. The number of halogens is 4. The van der Waals surface area contributed by atoms with Gasteiger partial charge in [-0.3, -0.25) is 0 Å². The minimum atomic E-state index is -4.71. The van der Waals surface area contributed by atoms with Crippen molar-refractivity contribution < 1.29 is 18.3 Å². The molecule has 146 valence electrons. The zero-order chi connectivity index (χ0) is 18.6. The van der Waals surface area contributed by atoms with E-state index in [9.17, 15) is 13.2 Å². The van der Waals surface area contributed by atoms with Gasteiger partial charge in [-0.2, -0.15) is 18.2 Å². The van der Waals surface area contributed by atoms with Gasteiger partial charge in [0.25, 0.3) is 0 Å². The quantitative estimate of drug-likeness (QED) is 0.655. The molecule has 0 aliphatic heterocycles. The molecular weight excluding hydrogens is 375 g/mol. The number of rotatable bonds is 7. The molecular formula is C14H21ClF3N7O. The summed E-state index contributed by atoms with van der Waals surface area (Å²) < 4.78 is 37.1. The standard InChI is InChI=1S/C14H20F3N7O.ClH/c1-4-5-18-13-21-8-6-19-12(20-7-9(25)14(15,16)17)22-10(8)11(23-13)24(2)3;/h6,9,25H,4-5,7H2,1-3H3,(H,18,21,23)(H,19,20,22);1H. The van der Waals surface area contributed by atoms with E-state index in [1.54, 1.807) is 19.0 Å². The van der Waals surface area contributed by atoms with E-state index in [2.05, 4.69) is 30.6 Å². The lowest BCUT2D eigenvalue weighted by Crippen LogP contribution is -2.35. The molecule has 1 unspecified atom stereocenters. The van der Waals surface area contributed by atoms with Crippen LogP contribution in [0.1, 0.15) is 13.3 Å². The molecule has 2 aromatic rings. The number of hydrogen-bond donors (Lipinski definition) is 3. The minimum Gasteiger partial charge on any atom is -0.382 e. The Bertz CT molecular complexity index is 729. The molecule has 26 heavy (non-hydrogen) atoms. The minimum absolute atomic E-state index is 0. The molecule has 0 saturated heterocycles. The Morgan fingerprint density at radius 2 is 1.85 bits per heavy atom. The number of aromatic nitrogens is 4. The highest BCUT2D eigenvalue weighted by Gasteiger charge is 2.38. The first kappa shape index (κ1) is 21.9. The molecule has 0 aliphatic carbocycles. The van der Waals surface area contributed by atoms with E-state index in [1.165, 1.54) is 6.20 Å². The van der Waals surface area contributed by atoms with E-state index >= 15 is 0 Å². The van der Waals surface area contributed by atoms with Crippen molar-refractivity contribution >= 4 is 41.2 Å². The second-order valence-electron chi connectivity index (χ2n) is 5.56. The van der Waals surface area contributed by atoms with Gasteiger partial charge in [-0.25, -0.2) is 15.0 Å². The molecule has 3 N–H and O–H groups in total. The third-order valence-corrected chi connectivity index (χ3v) is 3.21. The molecule has 0 bridgehead atoms. The van der Waals surface area contributed by atoms with Crippen molar-refractivity contribution in [2.75, 3.05) is 42.7 Å². The van der Waals surface area contributed by atoms with Gasteiger partial charge >= 0.3 is 6.18 Å². The summed E-state index contributed by atoms with van der Waals surface area (Å²) in [6.07, 6.45) is -4.91. The van der Waals surface area contributed by atoms with Gasteiger partial charge in [-0.1, -0.05) is 6.92 Å². The molecule has 2 heterocycles. The van der Waals surface area contributed by atoms with Crippen LogP contribution < -0.4 is 15.5 Å². The van der Waals surface area contributed by atoms with Gasteiger partial charge in [0.1, 0.15) is 11.0 Å². The van der Waals surface area contributed by atoms with Crippen LogP contribution in [0.5, 0.6) is 0 Å². The number of alkyl halides is 3. The lowest BCUT2D eigenvalue weighted by Gasteiger charge is -2.17. The first-order valence-corrected chi connectivity index (χ1v) is 7.67. The molecule has 0 fully saturated rings. The maximum atomic E-state index is 12.4. The number of fused-ring (bicyclic) bond motifs is 1. The lowest BCUT2D eigenvalue weighted by molar-refractivity contribution is -0.198. The van der Waals surface area contributed by atoms with Crippen molar-refractivity contribution in [1.29, 1.82) is 0 Å². The van der Waals surface area contributed by atoms with Crippen molar-refractivity contribution in [1.82, 2.24) is 19.9 Å². The first-order valence-electron chi connectivity index (χ1n) is 7.67. The monoisotopic (exact) mass is 395 g/mol. The molecule has 2 rings (SSSR count). The number of aliphatic hydroxyl groups is 1. The average molecular weight is 396 g/mol. The molecule has 0 aliphatic rings. The van der Waals surface area contributed by atoms with Crippen LogP contribution in [-0.4, -0.2) is 64.5 Å². The highest BCUT2D eigenvalue weighted by atomic mass is 35.5. The summed E-state index contributed by atoms with van der Waals surface area (Å²) in [4.78, 5) is 18.5. The first-order chi connectivity index (χ1) is 11.7. The summed E-state index contributed by atoms with van der Waals surface area (Å²) in [6.45, 7) is 1.97. The van der Waals surface area contributed by atoms with E-state index in [0.29, 0.717) is 29.3 Å². The number of anilines is 3. The topological polar surface area (TPSA) is 99.1 Å². The van der Waals surface area contributed by atoms with Gasteiger partial charge in [0.15, 0.2) is 11.9 Å². The Labute approximate surface area is 154 Å². The lowest BCUT2D eigenvalue weighted by atomic mass is 10.3. The van der Waals surface area contributed by atoms with Crippen LogP contribution in [0, 0.1) is 0 Å². The van der Waals surface area contributed by atoms with Crippen molar-refractivity contribution in [3.63, 3.8) is 0 Å². The Morgan fingerprint density at radius 1 is 1.15 bits per heavy atom. The van der Waals surface area contributed by atoms with Crippen LogP contribution in [0.25, 0.3) is 11.0 Å². The molecule has 0 saturated carbocycles. The van der Waals surface area contributed by atoms with Crippen molar-refractivity contribution in [3.05, 3.63) is 6.20 Å². The maximum absolute atomic E-state index is 12.4. The summed E-state index contributed by atoms with van der Waals surface area (Å²) in [5.74, 6) is 0.886. The van der Waals surface area contributed by atoms with Gasteiger partial charge < -0.3 is 20.6 Å². The second kappa shape index (κ2) is 8.99. The van der Waals surface area contributed by atoms with Crippen LogP contribution >= 0.6 is 12.4 Å². The second-order valence-corrected chi connectivity index (χ2v) is 5.56. The molecule has 0 radical (unpaired) electrons. The Kier molecular flexibility index (Phi) is 7.57. The van der Waals surface area contributed by atoms with Crippen molar-refractivity contribution in [2.45, 2.75) is 25.6 Å². The normalized spacial score (nSPS) is 12.4. The smallest absolute Gasteiger partial charge is 0.382 e. The summed E-state index contributed by atoms with van der Waals surface area (Å²) >= 11 is 0. The van der Waals surface area contributed by atoms with E-state index < -0.39 is 18.8 Å². The van der Waals surface area contributed by atoms with E-state index in [4.69, 9.17) is 5.11 Å². The largest absolute Gasteiger partial charge is 0.416 e. The van der Waals surface area contributed by atoms with Crippen LogP contribution in [0.4, 0.5) is 30.9 Å². The fraction of sp³-hybridized carbons (Fsp3) is 0.571. The molecule has 2 aromatic heterocycles. The van der Waals surface area contributed by atoms with E-state index in [-0.39, 0.29) is 18.4 Å². The highest BCUT2D eigenvalue weighted by Crippen LogP contribution is 2.23. The Balaban J connectivity index is 0.00000338. The van der Waals surface area contributed by atoms with Crippen molar-refractivity contribution in [3.8, 4) is 0 Å². The van der Waals surface area contributed by atoms with Gasteiger partial charge in [0, 0.05) is 20.6 Å².